The maximum Gasteiger partial charge on any atom is 0.128 e. The van der Waals surface area contributed by atoms with Crippen LogP contribution in [0.5, 0.6) is 11.5 Å². The molecule has 4 heteroatoms. The van der Waals surface area contributed by atoms with Crippen LogP contribution in [0.2, 0.25) is 0 Å². The molecule has 0 heterocycles. The summed E-state index contributed by atoms with van der Waals surface area (Å²) in [5.74, 6) is 1.41. The molecule has 0 amide bonds. The van der Waals surface area contributed by atoms with E-state index < -0.39 is 0 Å². The number of rotatable bonds is 3. The normalized spacial score (nSPS) is 9.83. The fourth-order valence-corrected chi connectivity index (χ4v) is 1.97. The van der Waals surface area contributed by atoms with E-state index in [0.717, 1.165) is 15.8 Å². The summed E-state index contributed by atoms with van der Waals surface area (Å²) in [5.41, 5.74) is 7.17. The highest BCUT2D eigenvalue weighted by Gasteiger charge is 2.03. The molecule has 0 fully saturated rings. The summed E-state index contributed by atoms with van der Waals surface area (Å²) in [4.78, 5) is 0. The maximum absolute atomic E-state index is 8.83. The van der Waals surface area contributed by atoms with E-state index in [1.165, 1.54) is 0 Å². The van der Waals surface area contributed by atoms with Crippen molar-refractivity contribution in [3.05, 3.63) is 58.1 Å². The van der Waals surface area contributed by atoms with Gasteiger partial charge < -0.3 is 10.5 Å². The predicted octanol–water partition coefficient (Wildman–Crippen LogP) is 3.57. The first kappa shape index (κ1) is 12.6. The van der Waals surface area contributed by atoms with Gasteiger partial charge in [0.25, 0.3) is 0 Å². The third-order valence-electron chi connectivity index (χ3n) is 2.43. The third-order valence-corrected chi connectivity index (χ3v) is 3.09. The second-order valence-electron chi connectivity index (χ2n) is 3.71. The van der Waals surface area contributed by atoms with Crippen LogP contribution in [0.25, 0.3) is 0 Å². The number of ether oxygens (including phenoxy) is 1. The molecular formula is C14H11BrN2O. The Labute approximate surface area is 114 Å². The fourth-order valence-electron chi connectivity index (χ4n) is 1.52. The van der Waals surface area contributed by atoms with Gasteiger partial charge in [0, 0.05) is 11.0 Å². The van der Waals surface area contributed by atoms with Crippen molar-refractivity contribution in [2.75, 3.05) is 0 Å². The van der Waals surface area contributed by atoms with Gasteiger partial charge in [0.05, 0.1) is 5.56 Å². The Morgan fingerprint density at radius 3 is 2.61 bits per heavy atom. The van der Waals surface area contributed by atoms with Crippen LogP contribution in [0.15, 0.2) is 46.9 Å². The lowest BCUT2D eigenvalue weighted by Crippen LogP contribution is -1.96. The van der Waals surface area contributed by atoms with Crippen molar-refractivity contribution in [3.63, 3.8) is 0 Å². The van der Waals surface area contributed by atoms with Crippen LogP contribution in [0.4, 0.5) is 0 Å². The number of hydrogen-bond donors (Lipinski definition) is 1. The summed E-state index contributed by atoms with van der Waals surface area (Å²) in [6.45, 7) is 0.480. The SMILES string of the molecule is N#Cc1ccc(Oc2cccc(CN)c2)cc1Br. The summed E-state index contributed by atoms with van der Waals surface area (Å²) in [6.07, 6.45) is 0. The van der Waals surface area contributed by atoms with E-state index in [2.05, 4.69) is 22.0 Å². The summed E-state index contributed by atoms with van der Waals surface area (Å²) in [6, 6.07) is 14.9. The van der Waals surface area contributed by atoms with E-state index in [1.54, 1.807) is 18.2 Å². The van der Waals surface area contributed by atoms with E-state index in [1.807, 2.05) is 24.3 Å². The molecular weight excluding hydrogens is 292 g/mol. The summed E-state index contributed by atoms with van der Waals surface area (Å²) < 4.78 is 6.43. The quantitative estimate of drug-likeness (QED) is 0.943. The smallest absolute Gasteiger partial charge is 0.128 e. The van der Waals surface area contributed by atoms with Crippen molar-refractivity contribution >= 4 is 15.9 Å². The van der Waals surface area contributed by atoms with Crippen LogP contribution < -0.4 is 10.5 Å². The van der Waals surface area contributed by atoms with Gasteiger partial charge in [-0.1, -0.05) is 12.1 Å². The number of hydrogen-bond acceptors (Lipinski definition) is 3. The highest BCUT2D eigenvalue weighted by Crippen LogP contribution is 2.27. The minimum absolute atomic E-state index is 0.480. The van der Waals surface area contributed by atoms with Crippen molar-refractivity contribution in [1.29, 1.82) is 5.26 Å². The van der Waals surface area contributed by atoms with Gasteiger partial charge in [-0.25, -0.2) is 0 Å². The van der Waals surface area contributed by atoms with Crippen LogP contribution in [0.1, 0.15) is 11.1 Å². The Hall–Kier alpha value is -1.83. The fraction of sp³-hybridized carbons (Fsp3) is 0.0714. The standard InChI is InChI=1S/C14H11BrN2O/c15-14-7-13(5-4-11(14)9-17)18-12-3-1-2-10(6-12)8-16/h1-7H,8,16H2. The highest BCUT2D eigenvalue weighted by atomic mass is 79.9. The van der Waals surface area contributed by atoms with E-state index >= 15 is 0 Å². The Morgan fingerprint density at radius 1 is 1.17 bits per heavy atom. The second kappa shape index (κ2) is 5.67. The predicted molar refractivity (Wildman–Crippen MR) is 73.3 cm³/mol. The average molecular weight is 303 g/mol. The van der Waals surface area contributed by atoms with Crippen LogP contribution in [0, 0.1) is 11.3 Å². The largest absolute Gasteiger partial charge is 0.457 e. The lowest BCUT2D eigenvalue weighted by molar-refractivity contribution is 0.481. The molecule has 2 rings (SSSR count). The average Bonchev–Trinajstić information content (AvgIpc) is 2.39. The zero-order valence-corrected chi connectivity index (χ0v) is 11.1. The Kier molecular flexibility index (Phi) is 3.98. The Morgan fingerprint density at radius 2 is 1.94 bits per heavy atom. The lowest BCUT2D eigenvalue weighted by Gasteiger charge is -2.07. The van der Waals surface area contributed by atoms with Gasteiger partial charge in [-0.15, -0.1) is 0 Å². The molecule has 0 aliphatic rings. The van der Waals surface area contributed by atoms with Crippen LogP contribution in [0.3, 0.4) is 0 Å². The zero-order valence-electron chi connectivity index (χ0n) is 9.56. The van der Waals surface area contributed by atoms with E-state index in [0.29, 0.717) is 17.9 Å². The molecule has 0 aliphatic carbocycles. The van der Waals surface area contributed by atoms with Gasteiger partial charge in [-0.3, -0.25) is 0 Å². The number of benzene rings is 2. The molecule has 2 aromatic rings. The van der Waals surface area contributed by atoms with Crippen molar-refractivity contribution in [2.45, 2.75) is 6.54 Å². The molecule has 0 spiro atoms. The molecule has 18 heavy (non-hydrogen) atoms. The van der Waals surface area contributed by atoms with E-state index in [9.17, 15) is 0 Å². The molecule has 0 aromatic heterocycles. The molecule has 0 bridgehead atoms. The zero-order chi connectivity index (χ0) is 13.0. The highest BCUT2D eigenvalue weighted by molar-refractivity contribution is 9.10. The van der Waals surface area contributed by atoms with Gasteiger partial charge in [0.2, 0.25) is 0 Å². The van der Waals surface area contributed by atoms with Gasteiger partial charge in [0.1, 0.15) is 17.6 Å². The lowest BCUT2D eigenvalue weighted by atomic mass is 10.2. The van der Waals surface area contributed by atoms with Gasteiger partial charge in [-0.2, -0.15) is 5.26 Å². The van der Waals surface area contributed by atoms with Crippen molar-refractivity contribution in [3.8, 4) is 17.6 Å². The Balaban J connectivity index is 2.23. The molecule has 0 aliphatic heterocycles. The van der Waals surface area contributed by atoms with Gasteiger partial charge >= 0.3 is 0 Å². The summed E-state index contributed by atoms with van der Waals surface area (Å²) in [5, 5.41) is 8.83. The molecule has 0 unspecified atom stereocenters. The molecule has 90 valence electrons. The van der Waals surface area contributed by atoms with Crippen molar-refractivity contribution in [2.24, 2.45) is 5.73 Å². The maximum atomic E-state index is 8.83. The third kappa shape index (κ3) is 2.89. The van der Waals surface area contributed by atoms with E-state index in [4.69, 9.17) is 15.7 Å². The van der Waals surface area contributed by atoms with Gasteiger partial charge in [-0.05, 0) is 51.8 Å². The minimum atomic E-state index is 0.480. The number of halogens is 1. The first-order chi connectivity index (χ1) is 8.72. The topological polar surface area (TPSA) is 59.0 Å². The summed E-state index contributed by atoms with van der Waals surface area (Å²) >= 11 is 3.33. The van der Waals surface area contributed by atoms with Crippen LogP contribution in [-0.2, 0) is 6.54 Å². The molecule has 0 atom stereocenters. The summed E-state index contributed by atoms with van der Waals surface area (Å²) in [7, 11) is 0. The van der Waals surface area contributed by atoms with Crippen molar-refractivity contribution in [1.82, 2.24) is 0 Å². The minimum Gasteiger partial charge on any atom is -0.457 e. The van der Waals surface area contributed by atoms with Crippen LogP contribution >= 0.6 is 15.9 Å². The molecule has 0 saturated carbocycles. The van der Waals surface area contributed by atoms with Crippen LogP contribution in [-0.4, -0.2) is 0 Å². The number of nitriles is 1. The molecule has 0 saturated heterocycles. The molecule has 0 radical (unpaired) electrons. The molecule has 2 N–H and O–H groups in total. The number of nitrogens with zero attached hydrogens (tertiary/aromatic N) is 1. The van der Waals surface area contributed by atoms with Crippen molar-refractivity contribution < 1.29 is 4.74 Å². The van der Waals surface area contributed by atoms with E-state index in [-0.39, 0.29) is 0 Å². The first-order valence-corrected chi connectivity index (χ1v) is 6.19. The molecule has 3 nitrogen and oxygen atoms in total. The monoisotopic (exact) mass is 302 g/mol. The number of nitrogens with two attached hydrogens (primary N) is 1. The second-order valence-corrected chi connectivity index (χ2v) is 4.56. The first-order valence-electron chi connectivity index (χ1n) is 5.39. The Bertz CT molecular complexity index is 605. The molecule has 2 aromatic carbocycles. The van der Waals surface area contributed by atoms with Gasteiger partial charge in [0.15, 0.2) is 0 Å².